The van der Waals surface area contributed by atoms with Crippen LogP contribution in [0.5, 0.6) is 0 Å². The Morgan fingerprint density at radius 3 is 2.67 bits per heavy atom. The van der Waals surface area contributed by atoms with Gasteiger partial charge in [0.15, 0.2) is 0 Å². The van der Waals surface area contributed by atoms with E-state index < -0.39 is 0 Å². The lowest BCUT2D eigenvalue weighted by atomic mass is 9.85. The van der Waals surface area contributed by atoms with Crippen molar-refractivity contribution < 1.29 is 4.79 Å². The first-order valence-corrected chi connectivity index (χ1v) is 8.25. The Balaban J connectivity index is 1.92. The second-order valence-corrected chi connectivity index (χ2v) is 6.71. The smallest absolute Gasteiger partial charge is 0.241 e. The van der Waals surface area contributed by atoms with Crippen LogP contribution >= 0.6 is 23.2 Å². The molecule has 5 heteroatoms. The van der Waals surface area contributed by atoms with Gasteiger partial charge in [-0.05, 0) is 43.9 Å². The molecule has 1 amide bonds. The summed E-state index contributed by atoms with van der Waals surface area (Å²) >= 11 is 11.9. The molecule has 2 N–H and O–H groups in total. The van der Waals surface area contributed by atoms with Crippen molar-refractivity contribution in [1.29, 1.82) is 0 Å². The van der Waals surface area contributed by atoms with Crippen molar-refractivity contribution in [3.8, 4) is 0 Å². The van der Waals surface area contributed by atoms with Gasteiger partial charge in [0.1, 0.15) is 0 Å². The summed E-state index contributed by atoms with van der Waals surface area (Å²) in [6, 6.07) is 5.23. The van der Waals surface area contributed by atoms with Crippen molar-refractivity contribution in [2.75, 3.05) is 5.32 Å². The molecule has 0 saturated heterocycles. The minimum atomic E-state index is -0.248. The Kier molecular flexibility index (Phi) is 5.91. The fourth-order valence-electron chi connectivity index (χ4n) is 2.79. The Hall–Kier alpha value is -0.770. The van der Waals surface area contributed by atoms with Gasteiger partial charge in [-0.3, -0.25) is 4.79 Å². The van der Waals surface area contributed by atoms with Gasteiger partial charge in [-0.25, -0.2) is 0 Å². The zero-order valence-corrected chi connectivity index (χ0v) is 14.0. The molecule has 0 radical (unpaired) electrons. The number of carbonyl (C=O) groups excluding carboxylic acids is 1. The van der Waals surface area contributed by atoms with Crippen molar-refractivity contribution in [2.45, 2.75) is 51.6 Å². The maximum absolute atomic E-state index is 12.3. The van der Waals surface area contributed by atoms with Crippen LogP contribution in [0.1, 0.15) is 39.5 Å². The number of benzene rings is 1. The van der Waals surface area contributed by atoms with Crippen molar-refractivity contribution in [3.63, 3.8) is 0 Å². The third kappa shape index (κ3) is 4.60. The first-order chi connectivity index (χ1) is 9.97. The molecule has 1 aliphatic carbocycles. The largest absolute Gasteiger partial charge is 0.323 e. The molecule has 3 atom stereocenters. The first kappa shape index (κ1) is 16.6. The average molecular weight is 329 g/mol. The van der Waals surface area contributed by atoms with Crippen LogP contribution < -0.4 is 10.6 Å². The number of nitrogens with one attached hydrogen (secondary N) is 2. The van der Waals surface area contributed by atoms with E-state index in [1.807, 2.05) is 6.92 Å². The van der Waals surface area contributed by atoms with Crippen LogP contribution in [-0.4, -0.2) is 18.0 Å². The normalized spacial score (nSPS) is 23.6. The van der Waals surface area contributed by atoms with E-state index in [9.17, 15) is 4.79 Å². The van der Waals surface area contributed by atoms with Crippen molar-refractivity contribution in [3.05, 3.63) is 28.2 Å². The van der Waals surface area contributed by atoms with Gasteiger partial charge < -0.3 is 10.6 Å². The molecule has 2 rings (SSSR count). The van der Waals surface area contributed by atoms with Crippen LogP contribution in [-0.2, 0) is 4.79 Å². The number of hydrogen-bond acceptors (Lipinski definition) is 2. The van der Waals surface area contributed by atoms with Gasteiger partial charge in [0.2, 0.25) is 5.91 Å². The van der Waals surface area contributed by atoms with Crippen LogP contribution in [0.15, 0.2) is 18.2 Å². The molecular weight excluding hydrogens is 307 g/mol. The molecule has 0 unspecified atom stereocenters. The van der Waals surface area contributed by atoms with Crippen LogP contribution in [0.3, 0.4) is 0 Å². The quantitative estimate of drug-likeness (QED) is 0.854. The van der Waals surface area contributed by atoms with E-state index in [1.54, 1.807) is 18.2 Å². The van der Waals surface area contributed by atoms with E-state index in [1.165, 1.54) is 19.3 Å². The Bertz CT molecular complexity index is 507. The SMILES string of the molecule is C[C@H](N[C@H]1CCCC[C@@H]1C)C(=O)Nc1ccc(Cl)cc1Cl. The Morgan fingerprint density at radius 1 is 1.29 bits per heavy atom. The first-order valence-electron chi connectivity index (χ1n) is 7.49. The Morgan fingerprint density at radius 2 is 2.00 bits per heavy atom. The molecule has 1 aromatic rings. The predicted molar refractivity (Wildman–Crippen MR) is 89.1 cm³/mol. The molecule has 0 aliphatic heterocycles. The second kappa shape index (κ2) is 7.48. The van der Waals surface area contributed by atoms with E-state index in [0.717, 1.165) is 6.42 Å². The monoisotopic (exact) mass is 328 g/mol. The molecule has 0 bridgehead atoms. The molecule has 1 aromatic carbocycles. The molecule has 0 spiro atoms. The predicted octanol–water partition coefficient (Wildman–Crippen LogP) is 4.49. The van der Waals surface area contributed by atoms with E-state index >= 15 is 0 Å². The summed E-state index contributed by atoms with van der Waals surface area (Å²) in [6.45, 7) is 4.14. The van der Waals surface area contributed by atoms with Crippen molar-refractivity contribution in [2.24, 2.45) is 5.92 Å². The summed E-state index contributed by atoms with van der Waals surface area (Å²) in [5, 5.41) is 7.30. The summed E-state index contributed by atoms with van der Waals surface area (Å²) in [5.41, 5.74) is 0.594. The van der Waals surface area contributed by atoms with Gasteiger partial charge in [-0.1, -0.05) is 43.0 Å². The molecular formula is C16H22Cl2N2O. The lowest BCUT2D eigenvalue weighted by Crippen LogP contribution is -2.47. The number of halogens is 2. The minimum Gasteiger partial charge on any atom is -0.323 e. The standard InChI is InChI=1S/C16H22Cl2N2O/c1-10-5-3-4-6-14(10)19-11(2)16(21)20-15-8-7-12(17)9-13(15)18/h7-11,14,19H,3-6H2,1-2H3,(H,20,21)/t10-,11-,14-/m0/s1. The second-order valence-electron chi connectivity index (χ2n) is 5.87. The van der Waals surface area contributed by atoms with E-state index in [2.05, 4.69) is 17.6 Å². The topological polar surface area (TPSA) is 41.1 Å². The molecule has 3 nitrogen and oxygen atoms in total. The van der Waals surface area contributed by atoms with E-state index in [0.29, 0.717) is 27.7 Å². The molecule has 21 heavy (non-hydrogen) atoms. The number of hydrogen-bond donors (Lipinski definition) is 2. The number of amides is 1. The maximum atomic E-state index is 12.3. The summed E-state index contributed by atoms with van der Waals surface area (Å²) in [6.07, 6.45) is 4.90. The van der Waals surface area contributed by atoms with Gasteiger partial charge in [-0.2, -0.15) is 0 Å². The van der Waals surface area contributed by atoms with Gasteiger partial charge in [0.05, 0.1) is 16.8 Å². The third-order valence-corrected chi connectivity index (χ3v) is 4.71. The lowest BCUT2D eigenvalue weighted by Gasteiger charge is -2.31. The third-order valence-electron chi connectivity index (χ3n) is 4.16. The summed E-state index contributed by atoms with van der Waals surface area (Å²) in [4.78, 5) is 12.3. The zero-order valence-electron chi connectivity index (χ0n) is 12.5. The average Bonchev–Trinajstić information content (AvgIpc) is 2.44. The highest BCUT2D eigenvalue weighted by atomic mass is 35.5. The van der Waals surface area contributed by atoms with Crippen LogP contribution in [0.25, 0.3) is 0 Å². The summed E-state index contributed by atoms with van der Waals surface area (Å²) in [5.74, 6) is 0.546. The molecule has 1 aliphatic rings. The molecule has 1 fully saturated rings. The highest BCUT2D eigenvalue weighted by molar-refractivity contribution is 6.36. The van der Waals surface area contributed by atoms with Crippen LogP contribution in [0.2, 0.25) is 10.0 Å². The number of carbonyl (C=O) groups is 1. The zero-order chi connectivity index (χ0) is 15.4. The van der Waals surface area contributed by atoms with Crippen molar-refractivity contribution >= 4 is 34.8 Å². The molecule has 1 saturated carbocycles. The summed E-state index contributed by atoms with van der Waals surface area (Å²) < 4.78 is 0. The lowest BCUT2D eigenvalue weighted by molar-refractivity contribution is -0.118. The van der Waals surface area contributed by atoms with Crippen molar-refractivity contribution in [1.82, 2.24) is 5.32 Å². The highest BCUT2D eigenvalue weighted by Crippen LogP contribution is 2.26. The maximum Gasteiger partial charge on any atom is 0.241 e. The van der Waals surface area contributed by atoms with Crippen LogP contribution in [0, 0.1) is 5.92 Å². The minimum absolute atomic E-state index is 0.0722. The Labute approximate surface area is 136 Å². The molecule has 0 heterocycles. The fraction of sp³-hybridized carbons (Fsp3) is 0.562. The van der Waals surface area contributed by atoms with Gasteiger partial charge in [-0.15, -0.1) is 0 Å². The van der Waals surface area contributed by atoms with E-state index in [-0.39, 0.29) is 11.9 Å². The van der Waals surface area contributed by atoms with Gasteiger partial charge in [0, 0.05) is 11.1 Å². The van der Waals surface area contributed by atoms with Gasteiger partial charge in [0.25, 0.3) is 0 Å². The molecule has 0 aromatic heterocycles. The summed E-state index contributed by atoms with van der Waals surface area (Å²) in [7, 11) is 0. The number of anilines is 1. The fourth-order valence-corrected chi connectivity index (χ4v) is 3.25. The van der Waals surface area contributed by atoms with E-state index in [4.69, 9.17) is 23.2 Å². The van der Waals surface area contributed by atoms with Gasteiger partial charge >= 0.3 is 0 Å². The highest BCUT2D eigenvalue weighted by Gasteiger charge is 2.25. The van der Waals surface area contributed by atoms with Crippen LogP contribution in [0.4, 0.5) is 5.69 Å². The molecule has 116 valence electrons. The number of rotatable bonds is 4.